The van der Waals surface area contributed by atoms with Crippen LogP contribution >= 0.6 is 34.7 Å². The maximum absolute atomic E-state index is 12.2. The van der Waals surface area contributed by atoms with Crippen LogP contribution < -0.4 is 10.5 Å². The molecule has 4 rings (SSSR count). The summed E-state index contributed by atoms with van der Waals surface area (Å²) in [7, 11) is 0. The minimum absolute atomic E-state index is 0.223. The molecule has 2 heterocycles. The molecule has 0 radical (unpaired) electrons. The van der Waals surface area contributed by atoms with Gasteiger partial charge in [-0.2, -0.15) is 5.10 Å². The first-order chi connectivity index (χ1) is 13.1. The first kappa shape index (κ1) is 17.7. The van der Waals surface area contributed by atoms with Gasteiger partial charge in [-0.1, -0.05) is 35.3 Å². The van der Waals surface area contributed by atoms with E-state index in [1.54, 1.807) is 33.8 Å². The van der Waals surface area contributed by atoms with Crippen molar-refractivity contribution in [3.05, 3.63) is 86.0 Å². The van der Waals surface area contributed by atoms with Crippen LogP contribution in [0.15, 0.2) is 64.9 Å². The van der Waals surface area contributed by atoms with Crippen LogP contribution in [-0.4, -0.2) is 23.7 Å². The Kier molecular flexibility index (Phi) is 4.93. The summed E-state index contributed by atoms with van der Waals surface area (Å²) in [5, 5.41) is 4.96. The number of hydrogen-bond donors (Lipinski definition) is 1. The minimum Gasteiger partial charge on any atom is -0.263 e. The van der Waals surface area contributed by atoms with Gasteiger partial charge in [0.05, 0.1) is 28.0 Å². The van der Waals surface area contributed by atoms with E-state index in [4.69, 9.17) is 23.2 Å². The molecule has 27 heavy (non-hydrogen) atoms. The van der Waals surface area contributed by atoms with Crippen LogP contribution in [0, 0.1) is 0 Å². The lowest BCUT2D eigenvalue weighted by atomic mass is 10.2. The summed E-state index contributed by atoms with van der Waals surface area (Å²) in [5.74, 6) is 0. The molecular formula is C17H12Cl2N6OS. The fraction of sp³-hybridized carbons (Fsp3) is 0.0588. The van der Waals surface area contributed by atoms with E-state index in [0.29, 0.717) is 27.1 Å². The number of H-pyrrole nitrogens is 1. The van der Waals surface area contributed by atoms with E-state index in [1.165, 1.54) is 6.33 Å². The Morgan fingerprint density at radius 3 is 2.63 bits per heavy atom. The molecule has 0 saturated carbocycles. The zero-order chi connectivity index (χ0) is 18.8. The molecular weight excluding hydrogens is 407 g/mol. The topological polar surface area (TPSA) is 80.9 Å². The van der Waals surface area contributed by atoms with Crippen molar-refractivity contribution in [3.63, 3.8) is 0 Å². The lowest BCUT2D eigenvalue weighted by molar-refractivity contribution is 0.727. The fourth-order valence-electron chi connectivity index (χ4n) is 2.45. The predicted octanol–water partition coefficient (Wildman–Crippen LogP) is 3.41. The van der Waals surface area contributed by atoms with Crippen molar-refractivity contribution in [2.24, 2.45) is 4.99 Å². The summed E-state index contributed by atoms with van der Waals surface area (Å²) in [4.78, 5) is 21.2. The molecule has 4 aromatic rings. The van der Waals surface area contributed by atoms with Gasteiger partial charge >= 0.3 is 5.69 Å². The maximum atomic E-state index is 12.2. The van der Waals surface area contributed by atoms with Gasteiger partial charge in [0.25, 0.3) is 0 Å². The molecule has 0 aliphatic rings. The van der Waals surface area contributed by atoms with E-state index in [-0.39, 0.29) is 5.69 Å². The predicted molar refractivity (Wildman–Crippen MR) is 105 cm³/mol. The zero-order valence-electron chi connectivity index (χ0n) is 13.7. The molecule has 0 spiro atoms. The van der Waals surface area contributed by atoms with Crippen LogP contribution in [0.1, 0.15) is 5.56 Å². The maximum Gasteiger partial charge on any atom is 0.337 e. The molecule has 0 amide bonds. The molecule has 0 unspecified atom stereocenters. The third-order valence-electron chi connectivity index (χ3n) is 3.79. The van der Waals surface area contributed by atoms with E-state index in [2.05, 4.69) is 19.4 Å². The van der Waals surface area contributed by atoms with Crippen molar-refractivity contribution in [3.8, 4) is 5.69 Å². The Labute approximate surface area is 167 Å². The van der Waals surface area contributed by atoms with Crippen molar-refractivity contribution in [2.75, 3.05) is 0 Å². The average molecular weight is 419 g/mol. The van der Waals surface area contributed by atoms with E-state index in [0.717, 1.165) is 22.8 Å². The third-order valence-corrected chi connectivity index (χ3v) is 5.30. The molecule has 7 nitrogen and oxygen atoms in total. The molecule has 0 saturated heterocycles. The van der Waals surface area contributed by atoms with E-state index >= 15 is 0 Å². The van der Waals surface area contributed by atoms with Gasteiger partial charge in [0.1, 0.15) is 12.7 Å². The van der Waals surface area contributed by atoms with Crippen LogP contribution in [0.3, 0.4) is 0 Å². The van der Waals surface area contributed by atoms with Crippen molar-refractivity contribution >= 4 is 40.4 Å². The number of rotatable bonds is 4. The Hall–Kier alpha value is -2.68. The second-order valence-corrected chi connectivity index (χ2v) is 7.18. The fourth-order valence-corrected chi connectivity index (χ4v) is 3.44. The number of nitrogens with one attached hydrogen (secondary N) is 1. The quantitative estimate of drug-likeness (QED) is 0.551. The highest BCUT2D eigenvalue weighted by atomic mass is 35.5. The summed E-state index contributed by atoms with van der Waals surface area (Å²) < 4.78 is 5.94. The first-order valence-electron chi connectivity index (χ1n) is 7.82. The zero-order valence-corrected chi connectivity index (χ0v) is 16.0. The number of halogens is 2. The number of nitrogens with zero attached hydrogens (tertiary/aromatic N) is 5. The highest BCUT2D eigenvalue weighted by Crippen LogP contribution is 2.26. The highest BCUT2D eigenvalue weighted by molar-refractivity contribution is 7.02. The monoisotopic (exact) mass is 418 g/mol. The highest BCUT2D eigenvalue weighted by Gasteiger charge is 2.06. The van der Waals surface area contributed by atoms with Gasteiger partial charge in [0.2, 0.25) is 4.80 Å². The standard InChI is InChI=1S/C17H12Cl2N6OS/c18-14-6-3-12(7-15(14)19)22-17-24(16(26)23-27-17)8-11-1-4-13(5-2-11)25-10-20-9-21-25/h1-7,9-10H,8H2,(H,23,26)/b22-17+. The Morgan fingerprint density at radius 2 is 1.93 bits per heavy atom. The summed E-state index contributed by atoms with van der Waals surface area (Å²) in [6.07, 6.45) is 3.10. The van der Waals surface area contributed by atoms with Gasteiger partial charge < -0.3 is 0 Å². The van der Waals surface area contributed by atoms with Crippen molar-refractivity contribution in [1.82, 2.24) is 23.7 Å². The molecule has 0 fully saturated rings. The van der Waals surface area contributed by atoms with Crippen molar-refractivity contribution < 1.29 is 0 Å². The molecule has 10 heteroatoms. The van der Waals surface area contributed by atoms with Crippen LogP contribution in [0.2, 0.25) is 10.0 Å². The van der Waals surface area contributed by atoms with Crippen LogP contribution in [0.25, 0.3) is 5.69 Å². The Morgan fingerprint density at radius 1 is 1.11 bits per heavy atom. The van der Waals surface area contributed by atoms with E-state index in [9.17, 15) is 4.79 Å². The third kappa shape index (κ3) is 3.87. The lowest BCUT2D eigenvalue weighted by Gasteiger charge is -2.04. The molecule has 0 aliphatic heterocycles. The SMILES string of the molecule is O=c1[nH]s/c(=N/c2ccc(Cl)c(Cl)c2)n1Cc1ccc(-n2cncn2)cc1. The average Bonchev–Trinajstić information content (AvgIpc) is 3.31. The number of aromatic amines is 1. The molecule has 136 valence electrons. The largest absolute Gasteiger partial charge is 0.337 e. The van der Waals surface area contributed by atoms with Gasteiger partial charge in [-0.3, -0.25) is 8.94 Å². The van der Waals surface area contributed by atoms with E-state index in [1.807, 2.05) is 24.3 Å². The second kappa shape index (κ2) is 7.51. The van der Waals surface area contributed by atoms with Gasteiger partial charge in [-0.25, -0.2) is 19.5 Å². The first-order valence-corrected chi connectivity index (χ1v) is 9.39. The molecule has 0 bridgehead atoms. The van der Waals surface area contributed by atoms with E-state index < -0.39 is 0 Å². The van der Waals surface area contributed by atoms with Crippen LogP contribution in [-0.2, 0) is 6.54 Å². The minimum atomic E-state index is -0.223. The second-order valence-electron chi connectivity index (χ2n) is 5.59. The molecule has 0 aliphatic carbocycles. The summed E-state index contributed by atoms with van der Waals surface area (Å²) in [5.41, 5.74) is 2.24. The summed E-state index contributed by atoms with van der Waals surface area (Å²) in [6, 6.07) is 12.8. The van der Waals surface area contributed by atoms with Gasteiger partial charge in [-0.15, -0.1) is 0 Å². The molecule has 2 aromatic heterocycles. The van der Waals surface area contributed by atoms with Crippen molar-refractivity contribution in [2.45, 2.75) is 6.54 Å². The smallest absolute Gasteiger partial charge is 0.263 e. The molecule has 0 atom stereocenters. The number of hydrogen-bond acceptors (Lipinski definition) is 5. The molecule has 1 N–H and O–H groups in total. The van der Waals surface area contributed by atoms with Crippen molar-refractivity contribution in [1.29, 1.82) is 0 Å². The lowest BCUT2D eigenvalue weighted by Crippen LogP contribution is -2.26. The normalized spacial score (nSPS) is 11.9. The Bertz CT molecular complexity index is 1190. The van der Waals surface area contributed by atoms with Gasteiger partial charge in [0, 0.05) is 0 Å². The Balaban J connectivity index is 1.65. The number of benzene rings is 2. The van der Waals surface area contributed by atoms with Gasteiger partial charge in [0.15, 0.2) is 0 Å². The summed E-state index contributed by atoms with van der Waals surface area (Å²) in [6.45, 7) is 0.386. The summed E-state index contributed by atoms with van der Waals surface area (Å²) >= 11 is 13.1. The van der Waals surface area contributed by atoms with Gasteiger partial charge in [-0.05, 0) is 47.4 Å². The van der Waals surface area contributed by atoms with Crippen LogP contribution in [0.5, 0.6) is 0 Å². The number of aromatic nitrogens is 5. The molecule has 2 aromatic carbocycles. The van der Waals surface area contributed by atoms with Crippen LogP contribution in [0.4, 0.5) is 5.69 Å².